The second-order valence-corrected chi connectivity index (χ2v) is 4.82. The summed E-state index contributed by atoms with van der Waals surface area (Å²) in [6.45, 7) is 0. The number of aromatic nitrogens is 1. The molecule has 0 atom stereocenters. The van der Waals surface area contributed by atoms with Gasteiger partial charge in [-0.25, -0.2) is 9.18 Å². The average Bonchev–Trinajstić information content (AvgIpc) is 2.78. The third kappa shape index (κ3) is 2.75. The molecule has 1 aromatic heterocycles. The molecular formula is C13H13ClFN3O2. The number of imide groups is 1. The number of carbonyl (C=O) groups is 2. The summed E-state index contributed by atoms with van der Waals surface area (Å²) in [4.78, 5) is 26.3. The number of nitrogens with zero attached hydrogens (tertiary/aromatic N) is 1. The van der Waals surface area contributed by atoms with E-state index in [4.69, 9.17) is 17.3 Å². The van der Waals surface area contributed by atoms with Gasteiger partial charge in [0.25, 0.3) is 0 Å². The minimum Gasteiger partial charge on any atom is -0.360 e. The number of amides is 3. The zero-order valence-electron chi connectivity index (χ0n) is 10.7. The fourth-order valence-electron chi connectivity index (χ4n) is 1.95. The van der Waals surface area contributed by atoms with Gasteiger partial charge in [-0.3, -0.25) is 9.69 Å². The number of rotatable bonds is 3. The third-order valence-corrected chi connectivity index (χ3v) is 3.40. The summed E-state index contributed by atoms with van der Waals surface area (Å²) < 4.78 is 13.4. The van der Waals surface area contributed by atoms with Crippen LogP contribution in [-0.2, 0) is 11.2 Å². The molecule has 1 heterocycles. The number of hydrogen-bond acceptors (Lipinski definition) is 2. The van der Waals surface area contributed by atoms with E-state index in [9.17, 15) is 14.0 Å². The molecule has 0 unspecified atom stereocenters. The molecule has 2 rings (SSSR count). The Labute approximate surface area is 119 Å². The van der Waals surface area contributed by atoms with Crippen molar-refractivity contribution in [3.63, 3.8) is 0 Å². The van der Waals surface area contributed by atoms with Gasteiger partial charge in [0.15, 0.2) is 0 Å². The molecular weight excluding hydrogens is 285 g/mol. The van der Waals surface area contributed by atoms with Crippen molar-refractivity contribution in [2.75, 3.05) is 7.05 Å². The molecule has 3 amide bonds. The van der Waals surface area contributed by atoms with Crippen LogP contribution in [0.1, 0.15) is 12.0 Å². The number of carbonyl (C=O) groups excluding carboxylic acids is 2. The van der Waals surface area contributed by atoms with Gasteiger partial charge >= 0.3 is 6.03 Å². The average molecular weight is 298 g/mol. The van der Waals surface area contributed by atoms with Gasteiger partial charge in [-0.15, -0.1) is 0 Å². The van der Waals surface area contributed by atoms with E-state index in [1.807, 2.05) is 0 Å². The Hall–Kier alpha value is -2.08. The van der Waals surface area contributed by atoms with Crippen LogP contribution >= 0.6 is 11.6 Å². The number of benzene rings is 1. The number of hydrogen-bond donors (Lipinski definition) is 2. The van der Waals surface area contributed by atoms with Gasteiger partial charge in [0.2, 0.25) is 5.91 Å². The number of halogens is 2. The molecule has 1 aromatic carbocycles. The Morgan fingerprint density at radius 1 is 1.45 bits per heavy atom. The Bertz CT molecular complexity index is 684. The first kappa shape index (κ1) is 14.3. The van der Waals surface area contributed by atoms with E-state index in [2.05, 4.69) is 4.98 Å². The van der Waals surface area contributed by atoms with Gasteiger partial charge in [-0.2, -0.15) is 0 Å². The predicted octanol–water partition coefficient (Wildman–Crippen LogP) is 2.43. The minimum absolute atomic E-state index is 0.0977. The van der Waals surface area contributed by atoms with Crippen LogP contribution in [-0.4, -0.2) is 28.9 Å². The van der Waals surface area contributed by atoms with Crippen molar-refractivity contribution in [1.29, 1.82) is 0 Å². The third-order valence-electron chi connectivity index (χ3n) is 3.10. The summed E-state index contributed by atoms with van der Waals surface area (Å²) in [7, 11) is 1.32. The largest absolute Gasteiger partial charge is 0.360 e. The van der Waals surface area contributed by atoms with Crippen molar-refractivity contribution in [2.45, 2.75) is 12.8 Å². The highest BCUT2D eigenvalue weighted by molar-refractivity contribution is 6.35. The summed E-state index contributed by atoms with van der Waals surface area (Å²) in [6, 6.07) is 1.77. The fraction of sp³-hybridized carbons (Fsp3) is 0.231. The molecule has 7 heteroatoms. The molecule has 2 aromatic rings. The van der Waals surface area contributed by atoms with E-state index in [-0.39, 0.29) is 11.4 Å². The molecule has 20 heavy (non-hydrogen) atoms. The van der Waals surface area contributed by atoms with Gasteiger partial charge in [-0.05, 0) is 24.1 Å². The van der Waals surface area contributed by atoms with Crippen molar-refractivity contribution in [1.82, 2.24) is 9.88 Å². The number of aryl methyl sites for hydroxylation is 1. The number of aromatic amines is 1. The Morgan fingerprint density at radius 2 is 2.15 bits per heavy atom. The molecule has 0 fully saturated rings. The van der Waals surface area contributed by atoms with Crippen LogP contribution < -0.4 is 5.73 Å². The maximum absolute atomic E-state index is 13.4. The highest BCUT2D eigenvalue weighted by Crippen LogP contribution is 2.27. The van der Waals surface area contributed by atoms with Crippen molar-refractivity contribution in [3.8, 4) is 0 Å². The van der Waals surface area contributed by atoms with Crippen molar-refractivity contribution in [2.24, 2.45) is 5.73 Å². The first-order valence-corrected chi connectivity index (χ1v) is 6.29. The van der Waals surface area contributed by atoms with Crippen LogP contribution in [0.2, 0.25) is 5.02 Å². The number of urea groups is 1. The molecule has 5 nitrogen and oxygen atoms in total. The first-order valence-electron chi connectivity index (χ1n) is 5.91. The predicted molar refractivity (Wildman–Crippen MR) is 73.9 cm³/mol. The van der Waals surface area contributed by atoms with Gasteiger partial charge in [-0.1, -0.05) is 11.6 Å². The van der Waals surface area contributed by atoms with Crippen LogP contribution in [0.5, 0.6) is 0 Å². The lowest BCUT2D eigenvalue weighted by atomic mass is 10.1. The monoisotopic (exact) mass is 297 g/mol. The summed E-state index contributed by atoms with van der Waals surface area (Å²) >= 11 is 5.92. The van der Waals surface area contributed by atoms with Gasteiger partial charge < -0.3 is 10.7 Å². The van der Waals surface area contributed by atoms with E-state index < -0.39 is 17.8 Å². The Morgan fingerprint density at radius 3 is 2.80 bits per heavy atom. The number of nitrogens with two attached hydrogens (primary N) is 1. The minimum atomic E-state index is -0.803. The summed E-state index contributed by atoms with van der Waals surface area (Å²) in [5.41, 5.74) is 6.39. The number of nitrogens with one attached hydrogen (secondary N) is 1. The zero-order chi connectivity index (χ0) is 14.9. The molecule has 0 aliphatic heterocycles. The second-order valence-electron chi connectivity index (χ2n) is 4.42. The molecule has 3 N–H and O–H groups in total. The fourth-order valence-corrected chi connectivity index (χ4v) is 2.21. The smallest absolute Gasteiger partial charge is 0.321 e. The highest BCUT2D eigenvalue weighted by Gasteiger charge is 2.15. The molecule has 0 aliphatic carbocycles. The van der Waals surface area contributed by atoms with Crippen molar-refractivity contribution >= 4 is 34.4 Å². The van der Waals surface area contributed by atoms with E-state index >= 15 is 0 Å². The lowest BCUT2D eigenvalue weighted by Crippen LogP contribution is -2.37. The lowest BCUT2D eigenvalue weighted by Gasteiger charge is -2.11. The van der Waals surface area contributed by atoms with E-state index in [1.54, 1.807) is 6.20 Å². The molecule has 0 radical (unpaired) electrons. The Kier molecular flexibility index (Phi) is 3.94. The number of primary amides is 1. The molecule has 0 spiro atoms. The van der Waals surface area contributed by atoms with Crippen LogP contribution in [0.15, 0.2) is 18.3 Å². The highest BCUT2D eigenvalue weighted by atomic mass is 35.5. The maximum Gasteiger partial charge on any atom is 0.321 e. The Balaban J connectivity index is 2.19. The molecule has 0 bridgehead atoms. The summed E-state index contributed by atoms with van der Waals surface area (Å²) in [6.07, 6.45) is 2.13. The van der Waals surface area contributed by atoms with Gasteiger partial charge in [0.1, 0.15) is 5.82 Å². The lowest BCUT2D eigenvalue weighted by molar-refractivity contribution is -0.127. The normalized spacial score (nSPS) is 10.8. The van der Waals surface area contributed by atoms with E-state index in [0.29, 0.717) is 17.3 Å². The van der Waals surface area contributed by atoms with Crippen molar-refractivity contribution < 1.29 is 14.0 Å². The van der Waals surface area contributed by atoms with Crippen LogP contribution in [0.4, 0.5) is 9.18 Å². The second kappa shape index (κ2) is 5.50. The van der Waals surface area contributed by atoms with Crippen LogP contribution in [0.3, 0.4) is 0 Å². The first-order chi connectivity index (χ1) is 9.40. The van der Waals surface area contributed by atoms with Gasteiger partial charge in [0, 0.05) is 25.1 Å². The molecule has 106 valence electrons. The van der Waals surface area contributed by atoms with Crippen molar-refractivity contribution in [3.05, 3.63) is 34.7 Å². The molecule has 0 saturated heterocycles. The standard InChI is InChI=1S/C13H13ClFN3O2/c1-18(13(16)20)11(19)3-2-7-6-17-12-9(7)4-8(15)5-10(12)14/h4-6,17H,2-3H2,1H3,(H2,16,20). The molecule has 0 aliphatic rings. The topological polar surface area (TPSA) is 79.2 Å². The van der Waals surface area contributed by atoms with Gasteiger partial charge in [0.05, 0.1) is 10.5 Å². The number of fused-ring (bicyclic) bond motifs is 1. The van der Waals surface area contributed by atoms with Crippen LogP contribution in [0.25, 0.3) is 10.9 Å². The number of H-pyrrole nitrogens is 1. The van der Waals surface area contributed by atoms with E-state index in [0.717, 1.165) is 10.5 Å². The SMILES string of the molecule is CN(C(N)=O)C(=O)CCc1c[nH]c2c(Cl)cc(F)cc12. The summed E-state index contributed by atoms with van der Waals surface area (Å²) in [5.74, 6) is -0.835. The zero-order valence-corrected chi connectivity index (χ0v) is 11.5. The molecule has 0 saturated carbocycles. The summed E-state index contributed by atoms with van der Waals surface area (Å²) in [5, 5.41) is 0.913. The quantitative estimate of drug-likeness (QED) is 0.912. The maximum atomic E-state index is 13.4. The van der Waals surface area contributed by atoms with E-state index in [1.165, 1.54) is 19.2 Å². The van der Waals surface area contributed by atoms with Crippen LogP contribution in [0, 0.1) is 5.82 Å².